The molecule has 0 radical (unpaired) electrons. The Morgan fingerprint density at radius 1 is 0.492 bits per heavy atom. The number of aliphatic hydroxyl groups excluding tert-OH is 2. The summed E-state index contributed by atoms with van der Waals surface area (Å²) < 4.78 is 5.92. The number of rotatable bonds is 47. The molecule has 3 N–H and O–H groups in total. The maximum Gasteiger partial charge on any atom is 0.306 e. The van der Waals surface area contributed by atoms with E-state index in [1.165, 1.54) is 116 Å². The molecule has 0 saturated heterocycles. The van der Waals surface area contributed by atoms with Gasteiger partial charge in [0.15, 0.2) is 0 Å². The molecule has 6 nitrogen and oxygen atoms in total. The summed E-state index contributed by atoms with van der Waals surface area (Å²) in [5.41, 5.74) is 0. The Kier molecular flexibility index (Phi) is 48.1. The van der Waals surface area contributed by atoms with Gasteiger partial charge in [0.1, 0.15) is 6.10 Å². The van der Waals surface area contributed by atoms with Crippen LogP contribution in [0.25, 0.3) is 0 Å². The zero-order valence-electron chi connectivity index (χ0n) is 41.4. The third kappa shape index (κ3) is 45.7. The molecule has 1 amide bonds. The maximum atomic E-state index is 13.2. The van der Waals surface area contributed by atoms with E-state index in [0.29, 0.717) is 19.3 Å². The Labute approximate surface area is 390 Å². The number of carbonyl (C=O) groups is 2. The molecule has 6 heteroatoms. The average Bonchev–Trinajstić information content (AvgIpc) is 3.28. The molecular weight excluding hydrogens is 779 g/mol. The molecule has 0 aromatic rings. The van der Waals surface area contributed by atoms with Crippen molar-refractivity contribution in [3.8, 4) is 0 Å². The fourth-order valence-electron chi connectivity index (χ4n) is 7.83. The van der Waals surface area contributed by atoms with Gasteiger partial charge in [-0.2, -0.15) is 0 Å². The van der Waals surface area contributed by atoms with Crippen LogP contribution in [0.2, 0.25) is 0 Å². The van der Waals surface area contributed by atoms with Crippen molar-refractivity contribution in [2.24, 2.45) is 0 Å². The number of aliphatic hydroxyl groups is 2. The molecule has 0 aromatic heterocycles. The fraction of sp³-hybridized carbons (Fsp3) is 0.754. The highest BCUT2D eigenvalue weighted by molar-refractivity contribution is 5.77. The number of allylic oxidation sites excluding steroid dienone is 12. The van der Waals surface area contributed by atoms with Gasteiger partial charge >= 0.3 is 5.97 Å². The molecule has 0 rings (SSSR count). The van der Waals surface area contributed by atoms with Crippen molar-refractivity contribution >= 4 is 11.9 Å². The molecule has 0 bridgehead atoms. The third-order valence-corrected chi connectivity index (χ3v) is 11.9. The van der Waals surface area contributed by atoms with E-state index in [2.05, 4.69) is 92.9 Å². The van der Waals surface area contributed by atoms with Crippen LogP contribution in [0.4, 0.5) is 0 Å². The van der Waals surface area contributed by atoms with Crippen LogP contribution in [0.15, 0.2) is 72.9 Å². The molecule has 0 fully saturated rings. The summed E-state index contributed by atoms with van der Waals surface area (Å²) in [5, 5.41) is 23.8. The first kappa shape index (κ1) is 60.3. The summed E-state index contributed by atoms with van der Waals surface area (Å²) in [4.78, 5) is 26.2. The fourth-order valence-corrected chi connectivity index (χ4v) is 7.83. The molecule has 63 heavy (non-hydrogen) atoms. The molecule has 364 valence electrons. The number of ether oxygens (including phenoxy) is 1. The van der Waals surface area contributed by atoms with Crippen LogP contribution in [0.3, 0.4) is 0 Å². The van der Waals surface area contributed by atoms with Gasteiger partial charge in [0.2, 0.25) is 5.91 Å². The highest BCUT2D eigenvalue weighted by Gasteiger charge is 2.24. The molecule has 0 heterocycles. The minimum atomic E-state index is -0.803. The predicted octanol–water partition coefficient (Wildman–Crippen LogP) is 16.2. The largest absolute Gasteiger partial charge is 0.462 e. The number of unbranched alkanes of at least 4 members (excludes halogenated alkanes) is 26. The van der Waals surface area contributed by atoms with Gasteiger partial charge in [-0.3, -0.25) is 9.59 Å². The first-order valence-electron chi connectivity index (χ1n) is 26.7. The van der Waals surface area contributed by atoms with Crippen LogP contribution >= 0.6 is 0 Å². The van der Waals surface area contributed by atoms with Crippen LogP contribution in [-0.4, -0.2) is 46.9 Å². The van der Waals surface area contributed by atoms with Gasteiger partial charge in [0.25, 0.3) is 0 Å². The van der Waals surface area contributed by atoms with Gasteiger partial charge in [-0.15, -0.1) is 0 Å². The highest BCUT2D eigenvalue weighted by atomic mass is 16.5. The standard InChI is InChI=1S/C57H101NO5/c1-4-7-10-13-16-19-22-25-28-29-30-33-36-39-42-45-48-53(63-57(62)50-47-44-41-38-35-32-27-24-21-18-15-12-9-6-3)51-56(61)58-54(52-59)55(60)49-46-43-40-37-34-31-26-23-20-17-14-11-8-5-2/h9,12,16,18-19,21-22,25,28-30,33,53-55,59-60H,4-8,10-11,13-15,17,20,23-24,26-27,31-32,34-52H2,1-3H3,(H,58,61)/b12-9+,19-16+,21-18+,25-22+,29-28+,33-30+. The maximum absolute atomic E-state index is 13.2. The van der Waals surface area contributed by atoms with Crippen molar-refractivity contribution < 1.29 is 24.5 Å². The monoisotopic (exact) mass is 880 g/mol. The van der Waals surface area contributed by atoms with Gasteiger partial charge in [0, 0.05) is 6.42 Å². The lowest BCUT2D eigenvalue weighted by molar-refractivity contribution is -0.151. The quantitative estimate of drug-likeness (QED) is 0.0245. The number of carbonyl (C=O) groups excluding carboxylic acids is 2. The van der Waals surface area contributed by atoms with Gasteiger partial charge < -0.3 is 20.3 Å². The van der Waals surface area contributed by atoms with Crippen LogP contribution < -0.4 is 5.32 Å². The summed E-state index contributed by atoms with van der Waals surface area (Å²) in [6.45, 7) is 6.33. The normalized spacial score (nSPS) is 13.8. The Balaban J connectivity index is 4.68. The van der Waals surface area contributed by atoms with E-state index < -0.39 is 18.2 Å². The summed E-state index contributed by atoms with van der Waals surface area (Å²) in [6, 6.07) is -0.719. The van der Waals surface area contributed by atoms with Gasteiger partial charge in [-0.1, -0.05) is 235 Å². The van der Waals surface area contributed by atoms with Crippen LogP contribution in [0.1, 0.15) is 252 Å². The first-order chi connectivity index (χ1) is 31.0. The molecule has 0 aromatic carbocycles. The predicted molar refractivity (Wildman–Crippen MR) is 273 cm³/mol. The topological polar surface area (TPSA) is 95.9 Å². The molecule has 0 aliphatic heterocycles. The SMILES string of the molecule is CC/C=C/C/C=C/CCCCCCCCCC(=O)OC(CCCCC/C=C/C=C/C=C/C=C/CCCCC)CC(=O)NC(CO)C(O)CCCCCCCCCCCCCCCC. The second-order valence-corrected chi connectivity index (χ2v) is 18.0. The van der Waals surface area contributed by atoms with Crippen molar-refractivity contribution in [3.63, 3.8) is 0 Å². The highest BCUT2D eigenvalue weighted by Crippen LogP contribution is 2.17. The van der Waals surface area contributed by atoms with Crippen molar-refractivity contribution in [3.05, 3.63) is 72.9 Å². The van der Waals surface area contributed by atoms with E-state index in [1.807, 2.05) is 6.08 Å². The van der Waals surface area contributed by atoms with Crippen molar-refractivity contribution in [1.82, 2.24) is 5.32 Å². The number of amides is 1. The molecular formula is C57H101NO5. The molecule has 0 saturated carbocycles. The van der Waals surface area contributed by atoms with Gasteiger partial charge in [-0.05, 0) is 77.0 Å². The Bertz CT molecular complexity index is 1170. The van der Waals surface area contributed by atoms with Crippen molar-refractivity contribution in [2.75, 3.05) is 6.61 Å². The first-order valence-corrected chi connectivity index (χ1v) is 26.7. The van der Waals surface area contributed by atoms with E-state index in [1.54, 1.807) is 0 Å². The summed E-state index contributed by atoms with van der Waals surface area (Å²) >= 11 is 0. The summed E-state index contributed by atoms with van der Waals surface area (Å²) in [6.07, 6.45) is 63.8. The minimum Gasteiger partial charge on any atom is -0.462 e. The van der Waals surface area contributed by atoms with Crippen LogP contribution in [0, 0.1) is 0 Å². The van der Waals surface area contributed by atoms with Crippen LogP contribution in [-0.2, 0) is 14.3 Å². The molecule has 0 aliphatic carbocycles. The van der Waals surface area contributed by atoms with Crippen molar-refractivity contribution in [2.45, 2.75) is 270 Å². The van der Waals surface area contributed by atoms with Gasteiger partial charge in [0.05, 0.1) is 25.2 Å². The summed E-state index contributed by atoms with van der Waals surface area (Å²) in [7, 11) is 0. The third-order valence-electron chi connectivity index (χ3n) is 11.9. The Hall–Kier alpha value is -2.70. The van der Waals surface area contributed by atoms with E-state index in [0.717, 1.165) is 89.9 Å². The minimum absolute atomic E-state index is 0.0462. The number of nitrogens with one attached hydrogen (secondary N) is 1. The number of hydrogen-bond acceptors (Lipinski definition) is 5. The molecule has 3 unspecified atom stereocenters. The smallest absolute Gasteiger partial charge is 0.306 e. The Morgan fingerprint density at radius 2 is 0.921 bits per heavy atom. The number of hydrogen-bond donors (Lipinski definition) is 3. The zero-order valence-corrected chi connectivity index (χ0v) is 41.4. The lowest BCUT2D eigenvalue weighted by atomic mass is 10.0. The molecule has 3 atom stereocenters. The van der Waals surface area contributed by atoms with Gasteiger partial charge in [-0.25, -0.2) is 0 Å². The van der Waals surface area contributed by atoms with E-state index >= 15 is 0 Å². The second kappa shape index (κ2) is 50.3. The lowest BCUT2D eigenvalue weighted by Gasteiger charge is -2.24. The van der Waals surface area contributed by atoms with E-state index in [-0.39, 0.29) is 24.9 Å². The summed E-state index contributed by atoms with van der Waals surface area (Å²) in [5.74, 6) is -0.521. The lowest BCUT2D eigenvalue weighted by Crippen LogP contribution is -2.46. The van der Waals surface area contributed by atoms with Crippen LogP contribution in [0.5, 0.6) is 0 Å². The van der Waals surface area contributed by atoms with Crippen molar-refractivity contribution in [1.29, 1.82) is 0 Å². The molecule has 0 spiro atoms. The Morgan fingerprint density at radius 3 is 1.48 bits per heavy atom. The average molecular weight is 880 g/mol. The van der Waals surface area contributed by atoms with E-state index in [4.69, 9.17) is 4.74 Å². The van der Waals surface area contributed by atoms with E-state index in [9.17, 15) is 19.8 Å². The second-order valence-electron chi connectivity index (χ2n) is 18.0. The molecule has 0 aliphatic rings. The number of esters is 1. The zero-order chi connectivity index (χ0) is 45.9.